The van der Waals surface area contributed by atoms with Crippen LogP contribution in [0, 0.1) is 0 Å². The lowest BCUT2D eigenvalue weighted by Gasteiger charge is -2.23. The maximum Gasteiger partial charge on any atom is 0.0158 e. The van der Waals surface area contributed by atoms with Gasteiger partial charge in [-0.05, 0) is 262 Å². The van der Waals surface area contributed by atoms with E-state index in [2.05, 4.69) is 416 Å². The van der Waals surface area contributed by atoms with Gasteiger partial charge in [-0.15, -0.1) is 0 Å². The van der Waals surface area contributed by atoms with Crippen molar-refractivity contribution in [2.45, 2.75) is 38.5 Å². The first-order valence-corrected chi connectivity index (χ1v) is 38.7. The fourth-order valence-corrected chi connectivity index (χ4v) is 19.2. The van der Waals surface area contributed by atoms with Gasteiger partial charge in [0.25, 0.3) is 0 Å². The molecule has 0 aliphatic heterocycles. The smallest absolute Gasteiger partial charge is 0.0158 e. The summed E-state index contributed by atoms with van der Waals surface area (Å²) in [6.07, 6.45) is 0. The highest BCUT2D eigenvalue weighted by Gasteiger charge is 2.37. The van der Waals surface area contributed by atoms with Crippen molar-refractivity contribution in [2.75, 3.05) is 0 Å². The monoisotopic (exact) mass is 1400 g/mol. The second kappa shape index (κ2) is 25.6. The predicted molar refractivity (Wildman–Crippen MR) is 472 cm³/mol. The third-order valence-electron chi connectivity index (χ3n) is 24.5. The molecule has 0 atom stereocenters. The van der Waals surface area contributed by atoms with Crippen molar-refractivity contribution in [3.05, 3.63) is 411 Å². The van der Waals surface area contributed by atoms with Crippen LogP contribution < -0.4 is 0 Å². The van der Waals surface area contributed by atoms with Gasteiger partial charge in [0.1, 0.15) is 0 Å². The van der Waals surface area contributed by atoms with Crippen molar-refractivity contribution < 1.29 is 0 Å². The molecular weight excluding hydrogens is 1320 g/mol. The molecule has 516 valence electrons. The first-order chi connectivity index (χ1) is 54.1. The van der Waals surface area contributed by atoms with E-state index in [1.165, 1.54) is 220 Å². The summed E-state index contributed by atoms with van der Waals surface area (Å²) >= 11 is 0. The minimum atomic E-state index is -0.0487. The second-order valence-electron chi connectivity index (χ2n) is 31.3. The lowest BCUT2D eigenvalue weighted by atomic mass is 9.79. The van der Waals surface area contributed by atoms with E-state index in [0.717, 1.165) is 0 Å². The molecule has 0 N–H and O–H groups in total. The Labute approximate surface area is 642 Å². The quantitative estimate of drug-likeness (QED) is 0.133. The normalized spacial score (nSPS) is 13.1. The average Bonchev–Trinajstić information content (AvgIpc) is 0.774. The molecule has 22 rings (SSSR count). The Morgan fingerprint density at radius 2 is 0.391 bits per heavy atom. The maximum atomic E-state index is 2.47. The summed E-state index contributed by atoms with van der Waals surface area (Å²) in [6.45, 7) is 9.44. The Kier molecular flexibility index (Phi) is 15.1. The molecule has 2 aliphatic rings. The molecule has 0 heteroatoms. The number of rotatable bonds is 8. The summed E-state index contributed by atoms with van der Waals surface area (Å²) in [5.74, 6) is 0. The van der Waals surface area contributed by atoms with Gasteiger partial charge >= 0.3 is 0 Å². The van der Waals surface area contributed by atoms with Gasteiger partial charge in [-0.25, -0.2) is 0 Å². The van der Waals surface area contributed by atoms with Gasteiger partial charge < -0.3 is 0 Å². The van der Waals surface area contributed by atoms with E-state index in [-0.39, 0.29) is 10.8 Å². The second-order valence-corrected chi connectivity index (χ2v) is 31.3. The Balaban J connectivity index is 0.000000140. The van der Waals surface area contributed by atoms with Gasteiger partial charge in [0.05, 0.1) is 0 Å². The van der Waals surface area contributed by atoms with Crippen LogP contribution in [0.2, 0.25) is 0 Å². The molecule has 2 aliphatic carbocycles. The molecule has 0 amide bonds. The summed E-state index contributed by atoms with van der Waals surface area (Å²) in [7, 11) is 0. The minimum Gasteiger partial charge on any atom is -0.0622 e. The molecule has 0 nitrogen and oxygen atoms in total. The van der Waals surface area contributed by atoms with E-state index in [1.54, 1.807) is 0 Å². The van der Waals surface area contributed by atoms with E-state index in [9.17, 15) is 0 Å². The van der Waals surface area contributed by atoms with Crippen LogP contribution in [-0.4, -0.2) is 0 Å². The van der Waals surface area contributed by atoms with Crippen LogP contribution in [-0.2, 0) is 10.8 Å². The highest BCUT2D eigenvalue weighted by molar-refractivity contribution is 6.31. The van der Waals surface area contributed by atoms with Crippen LogP contribution in [0.15, 0.2) is 388 Å². The van der Waals surface area contributed by atoms with E-state index < -0.39 is 0 Å². The summed E-state index contributed by atoms with van der Waals surface area (Å²) in [4.78, 5) is 0. The van der Waals surface area contributed by atoms with Crippen molar-refractivity contribution in [3.8, 4) is 111 Å². The average molecular weight is 1400 g/mol. The summed E-state index contributed by atoms with van der Waals surface area (Å²) in [6, 6.07) is 145. The molecule has 0 fully saturated rings. The van der Waals surface area contributed by atoms with E-state index in [4.69, 9.17) is 0 Å². The third kappa shape index (κ3) is 10.3. The van der Waals surface area contributed by atoms with Gasteiger partial charge in [-0.3, -0.25) is 0 Å². The molecule has 20 aromatic rings. The Hall–Kier alpha value is -13.5. The number of hydrogen-bond donors (Lipinski definition) is 0. The highest BCUT2D eigenvalue weighted by Crippen LogP contribution is 2.56. The molecule has 0 radical (unpaired) electrons. The summed E-state index contributed by atoms with van der Waals surface area (Å²) < 4.78 is 0. The van der Waals surface area contributed by atoms with Crippen LogP contribution >= 0.6 is 0 Å². The van der Waals surface area contributed by atoms with Crippen LogP contribution in [0.5, 0.6) is 0 Å². The summed E-state index contributed by atoms with van der Waals surface area (Å²) in [5, 5.41) is 20.2. The Morgan fingerprint density at radius 1 is 0.136 bits per heavy atom. The number of fused-ring (bicyclic) bond motifs is 14. The molecule has 110 heavy (non-hydrogen) atoms. The Morgan fingerprint density at radius 3 is 0.827 bits per heavy atom. The van der Waals surface area contributed by atoms with E-state index in [1.807, 2.05) is 0 Å². The van der Waals surface area contributed by atoms with Gasteiger partial charge in [0, 0.05) is 10.8 Å². The molecule has 0 bridgehead atoms. The molecular formula is C110H76. The van der Waals surface area contributed by atoms with Crippen molar-refractivity contribution in [2.24, 2.45) is 0 Å². The van der Waals surface area contributed by atoms with Crippen molar-refractivity contribution in [1.29, 1.82) is 0 Å². The molecule has 0 heterocycles. The van der Waals surface area contributed by atoms with Gasteiger partial charge in [-0.2, -0.15) is 0 Å². The zero-order chi connectivity index (χ0) is 73.3. The molecule has 0 saturated carbocycles. The maximum absolute atomic E-state index is 2.47. The minimum absolute atomic E-state index is 0.0365. The SMILES string of the molecule is CC1(C)c2ccccc2-c2cc(-c3c4ccccc4c(-c4c5ccccc5c(-c5ccccc5)c5ccccc45)c4ccc(-c5ccccc5)cc34)ccc21.CC1(C)c2ccccc2-c2cc(-c3c4ccccc4c(-c4ccc5cc(-c6ccc7ccccc7c6)ccc5c4)c4ccc(-c5ccccc5)cc34)ccc21. The van der Waals surface area contributed by atoms with Gasteiger partial charge in [0.15, 0.2) is 0 Å². The molecule has 0 unspecified atom stereocenters. The van der Waals surface area contributed by atoms with Crippen LogP contribution in [0.3, 0.4) is 0 Å². The first-order valence-electron chi connectivity index (χ1n) is 38.7. The standard InChI is InChI=1S/2C55H38/c1-55(2)49-28-16-15-21-39(49)47-34-38(30-32-50(47)55)52-42-24-11-14-27-45(42)54(46-31-29-37(33-48(46)52)35-17-5-3-6-18-35)53-43-25-12-9-22-40(43)51(36-19-7-4-8-20-36)41-23-10-13-26-44(41)53;1-55(2)51-19-11-10-16-45(51)49-34-44(27-29-52(49)55)54-47-18-9-8-17-46(47)53(48-28-26-42(33-50(48)54)35-12-4-3-5-13-35)43-25-24-40-31-39(22-23-41(40)32-43)38-21-20-36-14-6-7-15-37(36)30-38/h2*3-34H,1-2H3. The van der Waals surface area contributed by atoms with Crippen molar-refractivity contribution in [3.63, 3.8) is 0 Å². The zero-order valence-electron chi connectivity index (χ0n) is 62.0. The molecule has 20 aromatic carbocycles. The largest absolute Gasteiger partial charge is 0.0622 e. The highest BCUT2D eigenvalue weighted by atomic mass is 14.4. The molecule has 0 spiro atoms. The number of hydrogen-bond acceptors (Lipinski definition) is 0. The van der Waals surface area contributed by atoms with Crippen LogP contribution in [0.25, 0.3) is 197 Å². The predicted octanol–water partition coefficient (Wildman–Crippen LogP) is 30.5. The lowest BCUT2D eigenvalue weighted by molar-refractivity contribution is 0.660. The Bertz CT molecular complexity index is 7120. The molecule has 0 aromatic heterocycles. The van der Waals surface area contributed by atoms with E-state index in [0.29, 0.717) is 0 Å². The lowest BCUT2D eigenvalue weighted by Crippen LogP contribution is -2.14. The van der Waals surface area contributed by atoms with Crippen molar-refractivity contribution >= 4 is 86.2 Å². The third-order valence-corrected chi connectivity index (χ3v) is 24.5. The van der Waals surface area contributed by atoms with Crippen LogP contribution in [0.1, 0.15) is 49.9 Å². The first kappa shape index (κ1) is 64.8. The molecule has 0 saturated heterocycles. The fraction of sp³-hybridized carbons (Fsp3) is 0.0545. The fourth-order valence-electron chi connectivity index (χ4n) is 19.2. The summed E-state index contributed by atoms with van der Waals surface area (Å²) in [5.41, 5.74) is 30.9. The van der Waals surface area contributed by atoms with Crippen LogP contribution in [0.4, 0.5) is 0 Å². The zero-order valence-corrected chi connectivity index (χ0v) is 62.0. The van der Waals surface area contributed by atoms with Crippen molar-refractivity contribution in [1.82, 2.24) is 0 Å². The topological polar surface area (TPSA) is 0 Å². The van der Waals surface area contributed by atoms with E-state index >= 15 is 0 Å². The number of benzene rings is 20. The van der Waals surface area contributed by atoms with Gasteiger partial charge in [0.2, 0.25) is 0 Å². The van der Waals surface area contributed by atoms with Gasteiger partial charge in [-0.1, -0.05) is 373 Å².